The van der Waals surface area contributed by atoms with Crippen molar-refractivity contribution >= 4 is 10.9 Å². The molecule has 1 N–H and O–H groups in total. The molecule has 20 heavy (non-hydrogen) atoms. The number of nitrogens with zero attached hydrogens (tertiary/aromatic N) is 2. The fraction of sp³-hybridized carbons (Fsp3) is 0.562. The van der Waals surface area contributed by atoms with Gasteiger partial charge in [-0.3, -0.25) is 4.68 Å². The van der Waals surface area contributed by atoms with Gasteiger partial charge in [-0.25, -0.2) is 0 Å². The van der Waals surface area contributed by atoms with Gasteiger partial charge in [0.2, 0.25) is 0 Å². The molecule has 4 heteroatoms. The summed E-state index contributed by atoms with van der Waals surface area (Å²) in [5.41, 5.74) is 2.17. The SMILES string of the molecule is Cn1nc(COC2CCC(CO)CC2)c2ccccc21. The molecule has 0 amide bonds. The van der Waals surface area contributed by atoms with E-state index in [4.69, 9.17) is 9.84 Å². The number of aliphatic hydroxyl groups is 1. The van der Waals surface area contributed by atoms with Gasteiger partial charge in [-0.15, -0.1) is 0 Å². The van der Waals surface area contributed by atoms with E-state index in [0.29, 0.717) is 25.2 Å². The molecule has 1 saturated carbocycles. The molecule has 1 aromatic carbocycles. The van der Waals surface area contributed by atoms with Crippen LogP contribution in [0.5, 0.6) is 0 Å². The van der Waals surface area contributed by atoms with Crippen LogP contribution in [0.3, 0.4) is 0 Å². The van der Waals surface area contributed by atoms with Crippen molar-refractivity contribution in [3.8, 4) is 0 Å². The summed E-state index contributed by atoms with van der Waals surface area (Å²) in [7, 11) is 1.97. The van der Waals surface area contributed by atoms with E-state index in [1.165, 1.54) is 5.39 Å². The number of aryl methyl sites for hydroxylation is 1. The van der Waals surface area contributed by atoms with Crippen molar-refractivity contribution in [2.75, 3.05) is 6.61 Å². The molecule has 3 rings (SSSR count). The maximum atomic E-state index is 9.15. The molecule has 0 spiro atoms. The molecule has 4 nitrogen and oxygen atoms in total. The molecule has 108 valence electrons. The minimum Gasteiger partial charge on any atom is -0.396 e. The molecule has 1 aromatic heterocycles. The maximum absolute atomic E-state index is 9.15. The van der Waals surface area contributed by atoms with Gasteiger partial charge >= 0.3 is 0 Å². The highest BCUT2D eigenvalue weighted by Crippen LogP contribution is 2.27. The van der Waals surface area contributed by atoms with Gasteiger partial charge in [0.25, 0.3) is 0 Å². The Kier molecular flexibility index (Phi) is 4.03. The standard InChI is InChI=1S/C16H22N2O2/c1-18-16-5-3-2-4-14(16)15(17-18)11-20-13-8-6-12(10-19)7-9-13/h2-5,12-13,19H,6-11H2,1H3. The van der Waals surface area contributed by atoms with Gasteiger partial charge in [0, 0.05) is 19.0 Å². The van der Waals surface area contributed by atoms with Crippen LogP contribution in [0.25, 0.3) is 10.9 Å². The van der Waals surface area contributed by atoms with Crippen LogP contribution >= 0.6 is 0 Å². The number of benzene rings is 1. The molecule has 1 aliphatic rings. The highest BCUT2D eigenvalue weighted by molar-refractivity contribution is 5.81. The Morgan fingerprint density at radius 2 is 2.00 bits per heavy atom. The van der Waals surface area contributed by atoms with E-state index in [9.17, 15) is 0 Å². The summed E-state index contributed by atoms with van der Waals surface area (Å²) in [6, 6.07) is 8.26. The van der Waals surface area contributed by atoms with Gasteiger partial charge < -0.3 is 9.84 Å². The summed E-state index contributed by atoms with van der Waals surface area (Å²) in [4.78, 5) is 0. The van der Waals surface area contributed by atoms with Crippen LogP contribution in [0.4, 0.5) is 0 Å². The lowest BCUT2D eigenvalue weighted by atomic mass is 9.88. The first-order chi connectivity index (χ1) is 9.78. The van der Waals surface area contributed by atoms with Crippen molar-refractivity contribution in [2.24, 2.45) is 13.0 Å². The van der Waals surface area contributed by atoms with Crippen molar-refractivity contribution in [1.29, 1.82) is 0 Å². The molecule has 1 fully saturated rings. The van der Waals surface area contributed by atoms with Crippen molar-refractivity contribution in [3.05, 3.63) is 30.0 Å². The number of aliphatic hydroxyl groups excluding tert-OH is 1. The summed E-state index contributed by atoms with van der Waals surface area (Å²) in [5.74, 6) is 0.477. The van der Waals surface area contributed by atoms with Gasteiger partial charge in [-0.05, 0) is 37.7 Å². The lowest BCUT2D eigenvalue weighted by Crippen LogP contribution is -2.23. The number of hydrogen-bond acceptors (Lipinski definition) is 3. The van der Waals surface area contributed by atoms with Gasteiger partial charge in [0.1, 0.15) is 0 Å². The van der Waals surface area contributed by atoms with Gasteiger partial charge in [0.05, 0.1) is 23.9 Å². The number of aromatic nitrogens is 2. The van der Waals surface area contributed by atoms with E-state index in [0.717, 1.165) is 36.9 Å². The average molecular weight is 274 g/mol. The van der Waals surface area contributed by atoms with E-state index in [-0.39, 0.29) is 0 Å². The zero-order chi connectivity index (χ0) is 13.9. The summed E-state index contributed by atoms with van der Waals surface area (Å²) >= 11 is 0. The third-order valence-corrected chi connectivity index (χ3v) is 4.34. The first-order valence-electron chi connectivity index (χ1n) is 7.41. The first-order valence-corrected chi connectivity index (χ1v) is 7.41. The number of para-hydroxylation sites is 1. The van der Waals surface area contributed by atoms with Crippen LogP contribution < -0.4 is 0 Å². The van der Waals surface area contributed by atoms with Gasteiger partial charge in [-0.1, -0.05) is 18.2 Å². The zero-order valence-electron chi connectivity index (χ0n) is 12.0. The van der Waals surface area contributed by atoms with Crippen LogP contribution in [0.15, 0.2) is 24.3 Å². The second-order valence-corrected chi connectivity index (χ2v) is 5.72. The first kappa shape index (κ1) is 13.6. The smallest absolute Gasteiger partial charge is 0.0960 e. The molecular formula is C16H22N2O2. The zero-order valence-corrected chi connectivity index (χ0v) is 12.0. The summed E-state index contributed by atoms with van der Waals surface area (Å²) < 4.78 is 7.94. The maximum Gasteiger partial charge on any atom is 0.0960 e. The van der Waals surface area contributed by atoms with Crippen LogP contribution in [0.2, 0.25) is 0 Å². The van der Waals surface area contributed by atoms with E-state index < -0.39 is 0 Å². The lowest BCUT2D eigenvalue weighted by molar-refractivity contribution is 0.000134. The van der Waals surface area contributed by atoms with Crippen LogP contribution in [-0.2, 0) is 18.4 Å². The van der Waals surface area contributed by atoms with Crippen molar-refractivity contribution < 1.29 is 9.84 Å². The Balaban J connectivity index is 1.63. The van der Waals surface area contributed by atoms with Crippen molar-refractivity contribution in [3.63, 3.8) is 0 Å². The highest BCUT2D eigenvalue weighted by Gasteiger charge is 2.21. The second kappa shape index (κ2) is 5.94. The Morgan fingerprint density at radius 1 is 1.25 bits per heavy atom. The van der Waals surface area contributed by atoms with Crippen molar-refractivity contribution in [2.45, 2.75) is 38.4 Å². The summed E-state index contributed by atoms with van der Waals surface area (Å²) in [5, 5.41) is 14.9. The molecule has 1 heterocycles. The number of rotatable bonds is 4. The average Bonchev–Trinajstić information content (AvgIpc) is 2.83. The van der Waals surface area contributed by atoms with E-state index >= 15 is 0 Å². The third-order valence-electron chi connectivity index (χ3n) is 4.34. The molecule has 0 aliphatic heterocycles. The summed E-state index contributed by atoms with van der Waals surface area (Å²) in [6.07, 6.45) is 4.57. The minimum atomic E-state index is 0.317. The van der Waals surface area contributed by atoms with Crippen LogP contribution in [0, 0.1) is 5.92 Å². The molecule has 2 aromatic rings. The quantitative estimate of drug-likeness (QED) is 0.932. The monoisotopic (exact) mass is 274 g/mol. The number of ether oxygens (including phenoxy) is 1. The fourth-order valence-electron chi connectivity index (χ4n) is 3.07. The molecular weight excluding hydrogens is 252 g/mol. The van der Waals surface area contributed by atoms with Crippen LogP contribution in [0.1, 0.15) is 31.4 Å². The predicted octanol–water partition coefficient (Wildman–Crippen LogP) is 2.64. The largest absolute Gasteiger partial charge is 0.396 e. The minimum absolute atomic E-state index is 0.317. The Labute approximate surface area is 119 Å². The molecule has 0 unspecified atom stereocenters. The predicted molar refractivity (Wildman–Crippen MR) is 78.3 cm³/mol. The summed E-state index contributed by atoms with van der Waals surface area (Å²) in [6.45, 7) is 0.896. The molecule has 1 aliphatic carbocycles. The van der Waals surface area contributed by atoms with E-state index in [1.807, 2.05) is 23.9 Å². The van der Waals surface area contributed by atoms with Gasteiger partial charge in [-0.2, -0.15) is 5.10 Å². The number of fused-ring (bicyclic) bond motifs is 1. The normalized spacial score (nSPS) is 23.3. The third kappa shape index (κ3) is 2.72. The lowest BCUT2D eigenvalue weighted by Gasteiger charge is -2.27. The van der Waals surface area contributed by atoms with E-state index in [1.54, 1.807) is 0 Å². The Bertz CT molecular complexity index is 571. The Hall–Kier alpha value is -1.39. The van der Waals surface area contributed by atoms with Crippen molar-refractivity contribution in [1.82, 2.24) is 9.78 Å². The second-order valence-electron chi connectivity index (χ2n) is 5.72. The molecule has 0 saturated heterocycles. The van der Waals surface area contributed by atoms with E-state index in [2.05, 4.69) is 17.2 Å². The number of hydrogen-bond donors (Lipinski definition) is 1. The topological polar surface area (TPSA) is 47.3 Å². The highest BCUT2D eigenvalue weighted by atomic mass is 16.5. The fourth-order valence-corrected chi connectivity index (χ4v) is 3.07. The molecule has 0 atom stereocenters. The Morgan fingerprint density at radius 3 is 2.75 bits per heavy atom. The molecule has 0 radical (unpaired) electrons. The van der Waals surface area contributed by atoms with Gasteiger partial charge in [0.15, 0.2) is 0 Å². The van der Waals surface area contributed by atoms with Crippen LogP contribution in [-0.4, -0.2) is 27.6 Å². The molecule has 0 bridgehead atoms.